The van der Waals surface area contributed by atoms with Crippen LogP contribution in [0.25, 0.3) is 22.0 Å². The smallest absolute Gasteiger partial charge is 0.273 e. The maximum atomic E-state index is 13.5. The lowest BCUT2D eigenvalue weighted by Gasteiger charge is -2.32. The van der Waals surface area contributed by atoms with E-state index in [-0.39, 0.29) is 22.4 Å². The van der Waals surface area contributed by atoms with Gasteiger partial charge in [0.05, 0.1) is 10.4 Å². The molecular formula is C24H30N6O3S. The molecule has 10 heteroatoms. The SMILES string of the molecule is CCN(CC)C(=O)c1nc(N)nc2ccc(-c3ccccc3S(=O)(=O)N3CCN(C)CC3)cc12. The van der Waals surface area contributed by atoms with Gasteiger partial charge >= 0.3 is 0 Å². The molecule has 3 aromatic rings. The maximum Gasteiger partial charge on any atom is 0.273 e. The van der Waals surface area contributed by atoms with E-state index < -0.39 is 10.0 Å². The van der Waals surface area contributed by atoms with Crippen LogP contribution in [-0.2, 0) is 10.0 Å². The molecule has 9 nitrogen and oxygen atoms in total. The van der Waals surface area contributed by atoms with Gasteiger partial charge < -0.3 is 15.5 Å². The number of rotatable bonds is 6. The average molecular weight is 483 g/mol. The second kappa shape index (κ2) is 9.65. The lowest BCUT2D eigenvalue weighted by molar-refractivity contribution is 0.0769. The Morgan fingerprint density at radius 2 is 1.71 bits per heavy atom. The molecule has 1 saturated heterocycles. The topological polar surface area (TPSA) is 113 Å². The highest BCUT2D eigenvalue weighted by Gasteiger charge is 2.30. The minimum Gasteiger partial charge on any atom is -0.368 e. The molecule has 0 saturated carbocycles. The largest absolute Gasteiger partial charge is 0.368 e. The van der Waals surface area contributed by atoms with Gasteiger partial charge in [-0.25, -0.2) is 18.4 Å². The second-order valence-electron chi connectivity index (χ2n) is 8.34. The average Bonchev–Trinajstić information content (AvgIpc) is 2.84. The summed E-state index contributed by atoms with van der Waals surface area (Å²) in [6, 6.07) is 12.3. The summed E-state index contributed by atoms with van der Waals surface area (Å²) >= 11 is 0. The first-order valence-electron chi connectivity index (χ1n) is 11.4. The summed E-state index contributed by atoms with van der Waals surface area (Å²) in [6.45, 7) is 7.14. The molecule has 0 unspecified atom stereocenters. The molecule has 0 aliphatic carbocycles. The van der Waals surface area contributed by atoms with Gasteiger partial charge in [0.25, 0.3) is 5.91 Å². The Labute approximate surface area is 200 Å². The maximum absolute atomic E-state index is 13.5. The molecular weight excluding hydrogens is 452 g/mol. The Morgan fingerprint density at radius 3 is 2.38 bits per heavy atom. The summed E-state index contributed by atoms with van der Waals surface area (Å²) in [7, 11) is -1.71. The van der Waals surface area contributed by atoms with E-state index in [0.29, 0.717) is 61.3 Å². The first-order chi connectivity index (χ1) is 16.3. The molecule has 1 fully saturated rings. The molecule has 0 bridgehead atoms. The van der Waals surface area contributed by atoms with E-state index in [4.69, 9.17) is 5.73 Å². The van der Waals surface area contributed by atoms with Crippen molar-refractivity contribution < 1.29 is 13.2 Å². The summed E-state index contributed by atoms with van der Waals surface area (Å²) in [4.78, 5) is 25.7. The Hall–Kier alpha value is -3.08. The Kier molecular flexibility index (Phi) is 6.83. The van der Waals surface area contributed by atoms with Crippen LogP contribution in [0, 0.1) is 0 Å². The van der Waals surface area contributed by atoms with E-state index in [1.54, 1.807) is 41.3 Å². The number of anilines is 1. The number of carbonyl (C=O) groups excluding carboxylic acids is 1. The van der Waals surface area contributed by atoms with Crippen LogP contribution in [0.3, 0.4) is 0 Å². The number of amides is 1. The molecule has 0 spiro atoms. The van der Waals surface area contributed by atoms with E-state index in [0.717, 1.165) is 0 Å². The number of aromatic nitrogens is 2. The second-order valence-corrected chi connectivity index (χ2v) is 10.2. The van der Waals surface area contributed by atoms with Crippen molar-refractivity contribution in [2.24, 2.45) is 0 Å². The first kappa shape index (κ1) is 24.1. The predicted molar refractivity (Wildman–Crippen MR) is 133 cm³/mol. The minimum absolute atomic E-state index is 0.0220. The molecule has 34 heavy (non-hydrogen) atoms. The van der Waals surface area contributed by atoms with Gasteiger partial charge in [-0.15, -0.1) is 0 Å². The van der Waals surface area contributed by atoms with Crippen LogP contribution in [0.5, 0.6) is 0 Å². The minimum atomic E-state index is -3.69. The van der Waals surface area contributed by atoms with E-state index in [9.17, 15) is 13.2 Å². The van der Waals surface area contributed by atoms with Crippen LogP contribution in [0.4, 0.5) is 5.95 Å². The van der Waals surface area contributed by atoms with Crippen LogP contribution in [0.15, 0.2) is 47.4 Å². The zero-order chi connectivity index (χ0) is 24.5. The van der Waals surface area contributed by atoms with Crippen molar-refractivity contribution in [2.45, 2.75) is 18.7 Å². The number of hydrogen-bond acceptors (Lipinski definition) is 7. The van der Waals surface area contributed by atoms with Crippen LogP contribution in [0.2, 0.25) is 0 Å². The number of hydrogen-bond donors (Lipinski definition) is 1. The molecule has 180 valence electrons. The van der Waals surface area contributed by atoms with Crippen molar-refractivity contribution in [1.29, 1.82) is 0 Å². The normalized spacial score (nSPS) is 15.5. The molecule has 1 amide bonds. The number of likely N-dealkylation sites (N-methyl/N-ethyl adjacent to an activating group) is 1. The third-order valence-electron chi connectivity index (χ3n) is 6.24. The number of fused-ring (bicyclic) bond motifs is 1. The molecule has 2 aromatic carbocycles. The summed E-state index contributed by atoms with van der Waals surface area (Å²) in [6.07, 6.45) is 0. The van der Waals surface area contributed by atoms with Crippen LogP contribution in [-0.4, -0.2) is 84.7 Å². The number of piperazine rings is 1. The van der Waals surface area contributed by atoms with Gasteiger partial charge in [-0.1, -0.05) is 24.3 Å². The highest BCUT2D eigenvalue weighted by Crippen LogP contribution is 2.32. The molecule has 0 atom stereocenters. The molecule has 0 radical (unpaired) electrons. The zero-order valence-corrected chi connectivity index (χ0v) is 20.5. The van der Waals surface area contributed by atoms with Gasteiger partial charge in [0.2, 0.25) is 16.0 Å². The molecule has 2 heterocycles. The van der Waals surface area contributed by atoms with Gasteiger partial charge in [0, 0.05) is 50.2 Å². The fraction of sp³-hybridized carbons (Fsp3) is 0.375. The lowest BCUT2D eigenvalue weighted by Crippen LogP contribution is -2.47. The first-order valence-corrected chi connectivity index (χ1v) is 12.8. The Morgan fingerprint density at radius 1 is 1.03 bits per heavy atom. The fourth-order valence-corrected chi connectivity index (χ4v) is 5.87. The van der Waals surface area contributed by atoms with Crippen molar-refractivity contribution in [3.05, 3.63) is 48.2 Å². The molecule has 1 aliphatic rings. The van der Waals surface area contributed by atoms with E-state index in [2.05, 4.69) is 14.9 Å². The van der Waals surface area contributed by atoms with Crippen molar-refractivity contribution in [3.63, 3.8) is 0 Å². The van der Waals surface area contributed by atoms with Gasteiger partial charge in [-0.2, -0.15) is 4.31 Å². The van der Waals surface area contributed by atoms with Crippen LogP contribution >= 0.6 is 0 Å². The molecule has 1 aliphatic heterocycles. The van der Waals surface area contributed by atoms with Crippen molar-refractivity contribution in [1.82, 2.24) is 24.1 Å². The number of sulfonamides is 1. The third-order valence-corrected chi connectivity index (χ3v) is 8.20. The highest BCUT2D eigenvalue weighted by atomic mass is 32.2. The number of nitrogen functional groups attached to an aromatic ring is 1. The highest BCUT2D eigenvalue weighted by molar-refractivity contribution is 7.89. The Bertz CT molecular complexity index is 1320. The number of benzene rings is 2. The quantitative estimate of drug-likeness (QED) is 0.574. The Balaban J connectivity index is 1.84. The standard InChI is InChI=1S/C24H30N6O3S/c1-4-29(5-2)23(31)22-19-16-17(10-11-20(19)26-24(25)27-22)18-8-6-7-9-21(18)34(32,33)30-14-12-28(3)13-15-30/h6-11,16H,4-5,12-15H2,1-3H3,(H2,25,26,27). The molecule has 1 aromatic heterocycles. The summed E-state index contributed by atoms with van der Waals surface area (Å²) in [5, 5.41) is 0.537. The number of nitrogens with zero attached hydrogens (tertiary/aromatic N) is 5. The third kappa shape index (κ3) is 4.48. The number of nitrogens with two attached hydrogens (primary N) is 1. The molecule has 4 rings (SSSR count). The van der Waals surface area contributed by atoms with E-state index in [1.165, 1.54) is 4.31 Å². The van der Waals surface area contributed by atoms with E-state index >= 15 is 0 Å². The number of carbonyl (C=O) groups is 1. The van der Waals surface area contributed by atoms with Crippen molar-refractivity contribution in [3.8, 4) is 11.1 Å². The summed E-state index contributed by atoms with van der Waals surface area (Å²) in [5.74, 6) is -0.214. The predicted octanol–water partition coefficient (Wildman–Crippen LogP) is 2.30. The van der Waals surface area contributed by atoms with Crippen LogP contribution < -0.4 is 5.73 Å². The van der Waals surface area contributed by atoms with Crippen molar-refractivity contribution in [2.75, 3.05) is 52.0 Å². The summed E-state index contributed by atoms with van der Waals surface area (Å²) < 4.78 is 28.6. The summed E-state index contributed by atoms with van der Waals surface area (Å²) in [5.41, 5.74) is 7.88. The molecule has 2 N–H and O–H groups in total. The van der Waals surface area contributed by atoms with E-state index in [1.807, 2.05) is 27.0 Å². The van der Waals surface area contributed by atoms with Gasteiger partial charge in [0.1, 0.15) is 5.69 Å². The lowest BCUT2D eigenvalue weighted by atomic mass is 10.0. The zero-order valence-electron chi connectivity index (χ0n) is 19.7. The monoisotopic (exact) mass is 482 g/mol. The van der Waals surface area contributed by atoms with Gasteiger partial charge in [0.15, 0.2) is 0 Å². The van der Waals surface area contributed by atoms with Gasteiger partial charge in [-0.3, -0.25) is 4.79 Å². The van der Waals surface area contributed by atoms with Crippen LogP contribution in [0.1, 0.15) is 24.3 Å². The van der Waals surface area contributed by atoms with Crippen molar-refractivity contribution >= 4 is 32.8 Å². The van der Waals surface area contributed by atoms with Gasteiger partial charge in [-0.05, 0) is 44.7 Å². The fourth-order valence-electron chi connectivity index (χ4n) is 4.24.